The van der Waals surface area contributed by atoms with E-state index in [1.54, 1.807) is 27.7 Å². The number of rotatable bonds is 6. The van der Waals surface area contributed by atoms with E-state index < -0.39 is 33.5 Å². The molecule has 1 aromatic rings. The van der Waals surface area contributed by atoms with Crippen LogP contribution < -0.4 is 5.32 Å². The van der Waals surface area contributed by atoms with E-state index in [0.717, 1.165) is 0 Å². The maximum atomic E-state index is 11.9. The highest BCUT2D eigenvalue weighted by atomic mass is 32.2. The average molecular weight is 357 g/mol. The molecular weight excluding hydrogens is 334 g/mol. The molecule has 134 valence electrons. The van der Waals surface area contributed by atoms with Crippen LogP contribution in [0.25, 0.3) is 0 Å². The van der Waals surface area contributed by atoms with E-state index in [1.165, 1.54) is 24.3 Å². The highest BCUT2D eigenvalue weighted by molar-refractivity contribution is 7.91. The van der Waals surface area contributed by atoms with Gasteiger partial charge in [0.25, 0.3) is 0 Å². The lowest BCUT2D eigenvalue weighted by Gasteiger charge is -2.23. The molecule has 0 bridgehead atoms. The highest BCUT2D eigenvalue weighted by Gasteiger charge is 2.23. The lowest BCUT2D eigenvalue weighted by atomic mass is 10.0. The first-order chi connectivity index (χ1) is 10.9. The summed E-state index contributed by atoms with van der Waals surface area (Å²) < 4.78 is 28.7. The van der Waals surface area contributed by atoms with Gasteiger partial charge in [-0.15, -0.1) is 0 Å². The van der Waals surface area contributed by atoms with Gasteiger partial charge in [0.1, 0.15) is 5.60 Å². The number of amides is 1. The van der Waals surface area contributed by atoms with Crippen molar-refractivity contribution in [3.63, 3.8) is 0 Å². The summed E-state index contributed by atoms with van der Waals surface area (Å²) >= 11 is 0. The summed E-state index contributed by atoms with van der Waals surface area (Å²) in [6, 6.07) is 4.97. The third kappa shape index (κ3) is 6.19. The molecular formula is C16H23NO6S. The normalized spacial score (nSPS) is 13.2. The molecule has 2 N–H and O–H groups in total. The molecule has 0 aliphatic carbocycles. The minimum Gasteiger partial charge on any atom is -0.481 e. The van der Waals surface area contributed by atoms with E-state index >= 15 is 0 Å². The number of sulfone groups is 1. The van der Waals surface area contributed by atoms with Gasteiger partial charge in [0.05, 0.1) is 23.1 Å². The Bertz CT molecular complexity index is 688. The zero-order valence-electron chi connectivity index (χ0n) is 14.2. The number of nitrogens with one attached hydrogen (secondary N) is 1. The third-order valence-electron chi connectivity index (χ3n) is 3.09. The Kier molecular flexibility index (Phi) is 6.36. The number of carbonyl (C=O) groups excluding carboxylic acids is 1. The molecule has 8 heteroatoms. The van der Waals surface area contributed by atoms with Crippen molar-refractivity contribution in [2.24, 2.45) is 0 Å². The monoisotopic (exact) mass is 357 g/mol. The van der Waals surface area contributed by atoms with Crippen molar-refractivity contribution in [1.29, 1.82) is 0 Å². The van der Waals surface area contributed by atoms with Crippen LogP contribution in [-0.4, -0.2) is 36.9 Å². The van der Waals surface area contributed by atoms with Gasteiger partial charge in [-0.2, -0.15) is 0 Å². The molecule has 1 amide bonds. The van der Waals surface area contributed by atoms with Gasteiger partial charge in [-0.25, -0.2) is 13.2 Å². The number of ether oxygens (including phenoxy) is 1. The molecule has 1 aromatic carbocycles. The Labute approximate surface area is 141 Å². The minimum atomic E-state index is -3.34. The van der Waals surface area contributed by atoms with Crippen LogP contribution in [0.3, 0.4) is 0 Å². The minimum absolute atomic E-state index is 0.0267. The predicted molar refractivity (Wildman–Crippen MR) is 88.5 cm³/mol. The van der Waals surface area contributed by atoms with Gasteiger partial charge in [0, 0.05) is 0 Å². The van der Waals surface area contributed by atoms with Gasteiger partial charge < -0.3 is 15.2 Å². The Morgan fingerprint density at radius 3 is 2.17 bits per heavy atom. The number of aliphatic carboxylic acids is 1. The molecule has 0 heterocycles. The molecule has 0 aromatic heterocycles. The number of benzene rings is 1. The van der Waals surface area contributed by atoms with Crippen LogP contribution in [0.1, 0.15) is 45.7 Å². The van der Waals surface area contributed by atoms with Crippen molar-refractivity contribution in [3.8, 4) is 0 Å². The molecule has 1 atom stereocenters. The molecule has 0 radical (unpaired) electrons. The summed E-state index contributed by atoms with van der Waals surface area (Å²) in [6.45, 7) is 6.64. The molecule has 0 saturated heterocycles. The maximum absolute atomic E-state index is 11.9. The number of hydrogen-bond acceptors (Lipinski definition) is 5. The lowest BCUT2D eigenvalue weighted by Crippen LogP contribution is -2.35. The average Bonchev–Trinajstić information content (AvgIpc) is 2.44. The third-order valence-corrected chi connectivity index (χ3v) is 4.84. The van der Waals surface area contributed by atoms with E-state index in [-0.39, 0.29) is 17.1 Å². The van der Waals surface area contributed by atoms with Gasteiger partial charge in [-0.05, 0) is 38.5 Å². The molecule has 0 aliphatic rings. The summed E-state index contributed by atoms with van der Waals surface area (Å²) in [5, 5.41) is 11.5. The molecule has 7 nitrogen and oxygen atoms in total. The molecule has 0 spiro atoms. The Hall–Kier alpha value is -2.09. The van der Waals surface area contributed by atoms with Crippen molar-refractivity contribution in [3.05, 3.63) is 29.8 Å². The standard InChI is InChI=1S/C16H23NO6S/c1-5-24(21,22)12-8-6-11(7-9-12)13(10-14(18)19)17-15(20)23-16(2,3)4/h6-9,13H,5,10H2,1-4H3,(H,17,20)(H,18,19)/t13-/m1/s1. The van der Waals surface area contributed by atoms with Crippen molar-refractivity contribution in [2.75, 3.05) is 5.75 Å². The van der Waals surface area contributed by atoms with Gasteiger partial charge in [-0.3, -0.25) is 4.79 Å². The van der Waals surface area contributed by atoms with Gasteiger partial charge in [-0.1, -0.05) is 19.1 Å². The SMILES string of the molecule is CCS(=O)(=O)c1ccc([C@@H](CC(=O)O)NC(=O)OC(C)(C)C)cc1. The fourth-order valence-electron chi connectivity index (χ4n) is 1.95. The van der Waals surface area contributed by atoms with Crippen LogP contribution in [0.5, 0.6) is 0 Å². The first-order valence-corrected chi connectivity index (χ1v) is 9.14. The largest absolute Gasteiger partial charge is 0.481 e. The smallest absolute Gasteiger partial charge is 0.408 e. The fraction of sp³-hybridized carbons (Fsp3) is 0.500. The predicted octanol–water partition coefficient (Wildman–Crippen LogP) is 2.52. The summed E-state index contributed by atoms with van der Waals surface area (Å²) in [5.74, 6) is -1.12. The summed E-state index contributed by atoms with van der Waals surface area (Å²) in [7, 11) is -3.34. The van der Waals surface area contributed by atoms with Crippen LogP contribution in [0, 0.1) is 0 Å². The molecule has 0 aliphatic heterocycles. The van der Waals surface area contributed by atoms with Gasteiger partial charge >= 0.3 is 12.1 Å². The topological polar surface area (TPSA) is 110 Å². The first kappa shape index (κ1) is 20.0. The van der Waals surface area contributed by atoms with E-state index in [0.29, 0.717) is 5.56 Å². The lowest BCUT2D eigenvalue weighted by molar-refractivity contribution is -0.137. The van der Waals surface area contributed by atoms with E-state index in [9.17, 15) is 18.0 Å². The number of carbonyl (C=O) groups is 2. The summed E-state index contributed by atoms with van der Waals surface area (Å²) in [5.41, 5.74) is -0.227. The van der Waals surface area contributed by atoms with Crippen LogP contribution in [-0.2, 0) is 19.4 Å². The molecule has 1 rings (SSSR count). The number of hydrogen-bond donors (Lipinski definition) is 2. The zero-order chi connectivity index (χ0) is 18.5. The fourth-order valence-corrected chi connectivity index (χ4v) is 2.83. The van der Waals surface area contributed by atoms with Crippen molar-refractivity contribution in [1.82, 2.24) is 5.32 Å². The first-order valence-electron chi connectivity index (χ1n) is 7.48. The van der Waals surface area contributed by atoms with Crippen LogP contribution in [0.4, 0.5) is 4.79 Å². The molecule has 0 unspecified atom stereocenters. The van der Waals surface area contributed by atoms with E-state index in [1.807, 2.05) is 0 Å². The van der Waals surface area contributed by atoms with Crippen LogP contribution >= 0.6 is 0 Å². The van der Waals surface area contributed by atoms with E-state index in [4.69, 9.17) is 9.84 Å². The Balaban J connectivity index is 3.00. The van der Waals surface area contributed by atoms with Crippen LogP contribution in [0.15, 0.2) is 29.2 Å². The number of alkyl carbamates (subject to hydrolysis) is 1. The summed E-state index contributed by atoms with van der Waals surface area (Å²) in [4.78, 5) is 23.1. The molecule has 0 saturated carbocycles. The highest BCUT2D eigenvalue weighted by Crippen LogP contribution is 2.21. The number of carboxylic acid groups (broad SMARTS) is 1. The second kappa shape index (κ2) is 7.65. The summed E-state index contributed by atoms with van der Waals surface area (Å²) in [6.07, 6.45) is -1.09. The maximum Gasteiger partial charge on any atom is 0.408 e. The quantitative estimate of drug-likeness (QED) is 0.809. The van der Waals surface area contributed by atoms with E-state index in [2.05, 4.69) is 5.32 Å². The van der Waals surface area contributed by atoms with Crippen molar-refractivity contribution < 1.29 is 27.9 Å². The zero-order valence-corrected chi connectivity index (χ0v) is 15.0. The van der Waals surface area contributed by atoms with Gasteiger partial charge in [0.15, 0.2) is 9.84 Å². The second-order valence-corrected chi connectivity index (χ2v) is 8.55. The van der Waals surface area contributed by atoms with Crippen molar-refractivity contribution in [2.45, 2.75) is 50.7 Å². The molecule has 24 heavy (non-hydrogen) atoms. The van der Waals surface area contributed by atoms with Crippen molar-refractivity contribution >= 4 is 21.9 Å². The Morgan fingerprint density at radius 1 is 1.21 bits per heavy atom. The molecule has 0 fully saturated rings. The second-order valence-electron chi connectivity index (χ2n) is 6.27. The number of carboxylic acids is 1. The Morgan fingerprint density at radius 2 is 1.75 bits per heavy atom. The van der Waals surface area contributed by atoms with Gasteiger partial charge in [0.2, 0.25) is 0 Å². The van der Waals surface area contributed by atoms with Crippen LogP contribution in [0.2, 0.25) is 0 Å².